The number of nitrogens with zero attached hydrogens (tertiary/aromatic N) is 2. The molecule has 0 bridgehead atoms. The Hall–Kier alpha value is -1.13. The van der Waals surface area contributed by atoms with Crippen molar-refractivity contribution in [2.45, 2.75) is 32.9 Å². The van der Waals surface area contributed by atoms with Crippen LogP contribution in [0.15, 0.2) is 18.3 Å². The molecule has 4 nitrogen and oxygen atoms in total. The van der Waals surface area contributed by atoms with Crippen LogP contribution in [-0.2, 0) is 6.54 Å². The van der Waals surface area contributed by atoms with E-state index in [9.17, 15) is 0 Å². The molecule has 1 aromatic heterocycles. The van der Waals surface area contributed by atoms with Gasteiger partial charge in [-0.2, -0.15) is 0 Å². The van der Waals surface area contributed by atoms with Crippen LogP contribution in [0, 0.1) is 0 Å². The molecule has 1 rings (SSSR count). The van der Waals surface area contributed by atoms with E-state index in [-0.39, 0.29) is 0 Å². The van der Waals surface area contributed by atoms with E-state index in [1.807, 2.05) is 18.3 Å². The second kappa shape index (κ2) is 5.68. The molecule has 0 radical (unpaired) electrons. The summed E-state index contributed by atoms with van der Waals surface area (Å²) >= 11 is 0. The van der Waals surface area contributed by atoms with Crippen molar-refractivity contribution >= 4 is 5.82 Å². The molecule has 0 aliphatic heterocycles. The molecule has 1 aromatic rings. The Bertz CT molecular complexity index is 283. The summed E-state index contributed by atoms with van der Waals surface area (Å²) in [5.74, 6) is 5.95. The van der Waals surface area contributed by atoms with E-state index in [4.69, 9.17) is 5.84 Å². The van der Waals surface area contributed by atoms with Gasteiger partial charge in [0.15, 0.2) is 0 Å². The molecule has 15 heavy (non-hydrogen) atoms. The van der Waals surface area contributed by atoms with Gasteiger partial charge in [-0.25, -0.2) is 10.8 Å². The number of nitrogen functional groups attached to an aromatic ring is 1. The Kier molecular flexibility index (Phi) is 4.52. The van der Waals surface area contributed by atoms with Crippen molar-refractivity contribution in [3.63, 3.8) is 0 Å². The first-order valence-electron chi connectivity index (χ1n) is 5.29. The van der Waals surface area contributed by atoms with Crippen molar-refractivity contribution in [3.8, 4) is 0 Å². The highest BCUT2D eigenvalue weighted by Gasteiger charge is 2.07. The fourth-order valence-corrected chi connectivity index (χ4v) is 1.36. The normalized spacial score (nSPS) is 12.9. The largest absolute Gasteiger partial charge is 0.308 e. The summed E-state index contributed by atoms with van der Waals surface area (Å²) in [4.78, 5) is 6.48. The molecule has 0 amide bonds. The summed E-state index contributed by atoms with van der Waals surface area (Å²) < 4.78 is 0. The van der Waals surface area contributed by atoms with Gasteiger partial charge in [-0.05, 0) is 32.0 Å². The Morgan fingerprint density at radius 3 is 2.73 bits per heavy atom. The highest BCUT2D eigenvalue weighted by atomic mass is 15.2. The molecule has 1 unspecified atom stereocenters. The third-order valence-corrected chi connectivity index (χ3v) is 2.75. The van der Waals surface area contributed by atoms with Crippen LogP contribution < -0.4 is 11.3 Å². The highest BCUT2D eigenvalue weighted by molar-refractivity contribution is 5.33. The second-order valence-corrected chi connectivity index (χ2v) is 3.87. The summed E-state index contributed by atoms with van der Waals surface area (Å²) in [6.45, 7) is 5.34. The number of anilines is 1. The summed E-state index contributed by atoms with van der Waals surface area (Å²) in [5, 5.41) is 0. The zero-order valence-corrected chi connectivity index (χ0v) is 9.70. The molecule has 0 fully saturated rings. The monoisotopic (exact) mass is 208 g/mol. The van der Waals surface area contributed by atoms with E-state index < -0.39 is 0 Å². The van der Waals surface area contributed by atoms with Crippen LogP contribution in [0.5, 0.6) is 0 Å². The number of aromatic nitrogens is 1. The van der Waals surface area contributed by atoms with Gasteiger partial charge >= 0.3 is 0 Å². The summed E-state index contributed by atoms with van der Waals surface area (Å²) in [6.07, 6.45) is 3.01. The Morgan fingerprint density at radius 2 is 2.27 bits per heavy atom. The molecular formula is C11H20N4. The van der Waals surface area contributed by atoms with Gasteiger partial charge in [0, 0.05) is 18.8 Å². The summed E-state index contributed by atoms with van der Waals surface area (Å²) in [5.41, 5.74) is 3.72. The lowest BCUT2D eigenvalue weighted by Crippen LogP contribution is -2.27. The molecule has 3 N–H and O–H groups in total. The van der Waals surface area contributed by atoms with E-state index >= 15 is 0 Å². The minimum atomic E-state index is 0.595. The lowest BCUT2D eigenvalue weighted by atomic mass is 10.2. The Labute approximate surface area is 91.5 Å². The van der Waals surface area contributed by atoms with Crippen molar-refractivity contribution in [2.75, 3.05) is 12.5 Å². The van der Waals surface area contributed by atoms with Crippen LogP contribution in [0.3, 0.4) is 0 Å². The first-order chi connectivity index (χ1) is 7.17. The smallest absolute Gasteiger partial charge is 0.139 e. The first-order valence-corrected chi connectivity index (χ1v) is 5.29. The average Bonchev–Trinajstić information content (AvgIpc) is 2.29. The lowest BCUT2D eigenvalue weighted by molar-refractivity contribution is 0.243. The van der Waals surface area contributed by atoms with Gasteiger partial charge < -0.3 is 5.43 Å². The molecule has 0 saturated heterocycles. The van der Waals surface area contributed by atoms with Crippen LogP contribution in [0.2, 0.25) is 0 Å². The third-order valence-electron chi connectivity index (χ3n) is 2.75. The molecule has 0 aromatic carbocycles. The van der Waals surface area contributed by atoms with Crippen LogP contribution in [-0.4, -0.2) is 23.0 Å². The maximum absolute atomic E-state index is 5.25. The quantitative estimate of drug-likeness (QED) is 0.570. The van der Waals surface area contributed by atoms with Crippen LogP contribution >= 0.6 is 0 Å². The second-order valence-electron chi connectivity index (χ2n) is 3.87. The van der Waals surface area contributed by atoms with Crippen molar-refractivity contribution in [1.29, 1.82) is 0 Å². The van der Waals surface area contributed by atoms with Gasteiger partial charge in [-0.1, -0.05) is 13.0 Å². The third kappa shape index (κ3) is 3.49. The molecular weight excluding hydrogens is 188 g/mol. The van der Waals surface area contributed by atoms with Gasteiger partial charge in [-0.3, -0.25) is 4.90 Å². The Balaban J connectivity index is 2.57. The van der Waals surface area contributed by atoms with E-state index in [0.29, 0.717) is 11.9 Å². The topological polar surface area (TPSA) is 54.2 Å². The number of nitrogens with two attached hydrogens (primary N) is 1. The maximum Gasteiger partial charge on any atom is 0.139 e. The van der Waals surface area contributed by atoms with Crippen molar-refractivity contribution in [3.05, 3.63) is 23.9 Å². The zero-order valence-electron chi connectivity index (χ0n) is 9.70. The standard InChI is InChI=1S/C11H20N4/c1-4-9(2)15(3)8-10-5-6-11(14-12)13-7-10/h5-7,9H,4,8,12H2,1-3H3,(H,13,14). The van der Waals surface area contributed by atoms with Crippen LogP contribution in [0.25, 0.3) is 0 Å². The van der Waals surface area contributed by atoms with Gasteiger partial charge in [0.1, 0.15) is 5.82 Å². The number of hydrogen-bond donors (Lipinski definition) is 2. The van der Waals surface area contributed by atoms with E-state index in [1.54, 1.807) is 0 Å². The molecule has 1 heterocycles. The predicted molar refractivity (Wildman–Crippen MR) is 63.3 cm³/mol. The summed E-state index contributed by atoms with van der Waals surface area (Å²) in [6, 6.07) is 4.53. The number of hydrogen-bond acceptors (Lipinski definition) is 4. The number of hydrazine groups is 1. The molecule has 0 aliphatic carbocycles. The molecule has 0 saturated carbocycles. The number of nitrogens with one attached hydrogen (secondary N) is 1. The predicted octanol–water partition coefficient (Wildman–Crippen LogP) is 1.60. The van der Waals surface area contributed by atoms with Crippen molar-refractivity contribution < 1.29 is 0 Å². The van der Waals surface area contributed by atoms with Gasteiger partial charge in [-0.15, -0.1) is 0 Å². The van der Waals surface area contributed by atoms with Gasteiger partial charge in [0.2, 0.25) is 0 Å². The fraction of sp³-hybridized carbons (Fsp3) is 0.545. The van der Waals surface area contributed by atoms with Gasteiger partial charge in [0.05, 0.1) is 0 Å². The molecule has 0 aliphatic rings. The van der Waals surface area contributed by atoms with E-state index in [2.05, 4.69) is 36.2 Å². The van der Waals surface area contributed by atoms with Crippen molar-refractivity contribution in [1.82, 2.24) is 9.88 Å². The number of pyridine rings is 1. The molecule has 0 spiro atoms. The highest BCUT2D eigenvalue weighted by Crippen LogP contribution is 2.09. The minimum Gasteiger partial charge on any atom is -0.308 e. The summed E-state index contributed by atoms with van der Waals surface area (Å²) in [7, 11) is 2.13. The molecule has 84 valence electrons. The van der Waals surface area contributed by atoms with Crippen LogP contribution in [0.4, 0.5) is 5.82 Å². The van der Waals surface area contributed by atoms with Crippen LogP contribution in [0.1, 0.15) is 25.8 Å². The maximum atomic E-state index is 5.25. The van der Waals surface area contributed by atoms with E-state index in [1.165, 1.54) is 5.56 Å². The molecule has 4 heteroatoms. The first kappa shape index (κ1) is 11.9. The van der Waals surface area contributed by atoms with E-state index in [0.717, 1.165) is 13.0 Å². The SMILES string of the molecule is CCC(C)N(C)Cc1ccc(NN)nc1. The lowest BCUT2D eigenvalue weighted by Gasteiger charge is -2.23. The molecule has 1 atom stereocenters. The minimum absolute atomic E-state index is 0.595. The van der Waals surface area contributed by atoms with Crippen molar-refractivity contribution in [2.24, 2.45) is 5.84 Å². The average molecular weight is 208 g/mol. The van der Waals surface area contributed by atoms with Gasteiger partial charge in [0.25, 0.3) is 0 Å². The fourth-order valence-electron chi connectivity index (χ4n) is 1.36. The zero-order chi connectivity index (χ0) is 11.3. The number of rotatable bonds is 5. The Morgan fingerprint density at radius 1 is 1.53 bits per heavy atom.